The second-order valence-electron chi connectivity index (χ2n) is 5.66. The van der Waals surface area contributed by atoms with Crippen molar-refractivity contribution >= 4 is 34.5 Å². The van der Waals surface area contributed by atoms with Crippen molar-refractivity contribution in [3.8, 4) is 11.1 Å². The Morgan fingerprint density at radius 2 is 1.81 bits per heavy atom. The highest BCUT2D eigenvalue weighted by molar-refractivity contribution is 6.06. The number of amides is 1. The number of aliphatic carboxylic acids is 1. The Hall–Kier alpha value is -3.62. The number of carboxylic acid groups (broad SMARTS) is 1. The zero-order valence-corrected chi connectivity index (χ0v) is 14.1. The molecule has 0 fully saturated rings. The van der Waals surface area contributed by atoms with E-state index in [1.54, 1.807) is 30.6 Å². The smallest absolute Gasteiger partial charge is 0.325 e. The molecule has 2 N–H and O–H groups in total. The highest BCUT2D eigenvalue weighted by Gasteiger charge is 2.16. The van der Waals surface area contributed by atoms with Crippen LogP contribution in [0.15, 0.2) is 30.6 Å². The van der Waals surface area contributed by atoms with Crippen molar-refractivity contribution in [2.24, 2.45) is 0 Å². The van der Waals surface area contributed by atoms with Crippen LogP contribution in [0.25, 0.3) is 22.0 Å². The van der Waals surface area contributed by atoms with Crippen molar-refractivity contribution in [3.63, 3.8) is 0 Å². The normalized spacial score (nSPS) is 10.7. The number of ketones is 1. The summed E-state index contributed by atoms with van der Waals surface area (Å²) in [4.78, 5) is 42.0. The van der Waals surface area contributed by atoms with Crippen LogP contribution in [-0.4, -0.2) is 42.5 Å². The van der Waals surface area contributed by atoms with Gasteiger partial charge in [0.1, 0.15) is 12.2 Å². The van der Waals surface area contributed by atoms with Crippen molar-refractivity contribution < 1.29 is 19.5 Å². The number of carbonyl (C=O) groups excluding carboxylic acids is 2. The summed E-state index contributed by atoms with van der Waals surface area (Å²) in [5.41, 5.74) is 2.18. The number of fused-ring (bicyclic) bond motifs is 1. The molecule has 0 bridgehead atoms. The van der Waals surface area contributed by atoms with Crippen LogP contribution in [0.3, 0.4) is 0 Å². The van der Waals surface area contributed by atoms with Gasteiger partial charge in [0.15, 0.2) is 5.78 Å². The Bertz CT molecular complexity index is 1020. The van der Waals surface area contributed by atoms with Gasteiger partial charge >= 0.3 is 5.97 Å². The molecular weight excluding hydrogens is 338 g/mol. The van der Waals surface area contributed by atoms with E-state index in [1.807, 2.05) is 0 Å². The molecular formula is C17H15N5O4. The van der Waals surface area contributed by atoms with Crippen LogP contribution in [-0.2, 0) is 16.1 Å². The van der Waals surface area contributed by atoms with E-state index in [0.717, 1.165) is 5.56 Å². The molecule has 2 aromatic heterocycles. The molecule has 3 aromatic rings. The van der Waals surface area contributed by atoms with Crippen molar-refractivity contribution in [2.75, 3.05) is 5.32 Å². The molecule has 9 nitrogen and oxygen atoms in total. The molecule has 9 heteroatoms. The number of rotatable bonds is 5. The van der Waals surface area contributed by atoms with Gasteiger partial charge in [0.25, 0.3) is 0 Å². The number of benzene rings is 1. The van der Waals surface area contributed by atoms with Gasteiger partial charge in [-0.2, -0.15) is 5.10 Å². The molecule has 0 radical (unpaired) electrons. The number of carboxylic acids is 1. The molecule has 2 heterocycles. The topological polar surface area (TPSA) is 127 Å². The van der Waals surface area contributed by atoms with Crippen LogP contribution < -0.4 is 5.32 Å². The van der Waals surface area contributed by atoms with E-state index in [9.17, 15) is 14.4 Å². The van der Waals surface area contributed by atoms with Gasteiger partial charge in [-0.15, -0.1) is 0 Å². The van der Waals surface area contributed by atoms with Crippen LogP contribution in [0.2, 0.25) is 0 Å². The molecule has 1 aromatic carbocycles. The van der Waals surface area contributed by atoms with Crippen LogP contribution in [0.1, 0.15) is 24.3 Å². The maximum atomic E-state index is 11.9. The Kier molecular flexibility index (Phi) is 4.44. The number of anilines is 1. The maximum Gasteiger partial charge on any atom is 0.325 e. The molecule has 0 unspecified atom stereocenters. The van der Waals surface area contributed by atoms with Crippen LogP contribution in [0.4, 0.5) is 5.95 Å². The second-order valence-corrected chi connectivity index (χ2v) is 5.66. The summed E-state index contributed by atoms with van der Waals surface area (Å²) in [6, 6.07) is 5.21. The van der Waals surface area contributed by atoms with Gasteiger partial charge in [-0.1, -0.05) is 6.07 Å². The lowest BCUT2D eigenvalue weighted by molar-refractivity contribution is -0.137. The molecule has 0 aliphatic rings. The molecule has 0 aliphatic heterocycles. The molecule has 0 saturated heterocycles. The van der Waals surface area contributed by atoms with Gasteiger partial charge in [0.2, 0.25) is 11.9 Å². The average Bonchev–Trinajstić information content (AvgIpc) is 2.92. The summed E-state index contributed by atoms with van der Waals surface area (Å²) in [5.74, 6) is -1.37. The fourth-order valence-electron chi connectivity index (χ4n) is 2.57. The highest BCUT2D eigenvalue weighted by Crippen LogP contribution is 2.26. The molecule has 0 saturated carbocycles. The van der Waals surface area contributed by atoms with E-state index < -0.39 is 5.97 Å². The number of hydrogen-bond acceptors (Lipinski definition) is 6. The number of hydrogen-bond donors (Lipinski definition) is 2. The lowest BCUT2D eigenvalue weighted by Crippen LogP contribution is -2.10. The van der Waals surface area contributed by atoms with Gasteiger partial charge in [0, 0.05) is 37.2 Å². The van der Waals surface area contributed by atoms with Crippen molar-refractivity contribution in [2.45, 2.75) is 20.4 Å². The third-order valence-corrected chi connectivity index (χ3v) is 3.64. The summed E-state index contributed by atoms with van der Waals surface area (Å²) in [6.07, 6.45) is 3.10. The first-order valence-electron chi connectivity index (χ1n) is 7.68. The number of aromatic nitrogens is 4. The summed E-state index contributed by atoms with van der Waals surface area (Å²) < 4.78 is 1.29. The molecule has 0 spiro atoms. The lowest BCUT2D eigenvalue weighted by atomic mass is 10.0. The van der Waals surface area contributed by atoms with Crippen LogP contribution in [0.5, 0.6) is 0 Å². The van der Waals surface area contributed by atoms with E-state index in [1.165, 1.54) is 18.5 Å². The van der Waals surface area contributed by atoms with E-state index in [4.69, 9.17) is 5.11 Å². The monoisotopic (exact) mass is 353 g/mol. The Labute approximate surface area is 147 Å². The van der Waals surface area contributed by atoms with Crippen molar-refractivity contribution in [1.82, 2.24) is 19.7 Å². The predicted molar refractivity (Wildman–Crippen MR) is 92.7 cm³/mol. The van der Waals surface area contributed by atoms with Crippen LogP contribution in [0, 0.1) is 0 Å². The summed E-state index contributed by atoms with van der Waals surface area (Å²) >= 11 is 0. The van der Waals surface area contributed by atoms with Gasteiger partial charge < -0.3 is 5.11 Å². The Balaban J connectivity index is 2.05. The molecule has 0 atom stereocenters. The summed E-state index contributed by atoms with van der Waals surface area (Å²) in [6.45, 7) is 2.41. The highest BCUT2D eigenvalue weighted by atomic mass is 16.4. The largest absolute Gasteiger partial charge is 0.480 e. The predicted octanol–water partition coefficient (Wildman–Crippen LogP) is 1.74. The second kappa shape index (κ2) is 6.71. The van der Waals surface area contributed by atoms with Gasteiger partial charge in [-0.25, -0.2) is 9.97 Å². The molecule has 3 rings (SSSR count). The SMILES string of the molecule is CC(=O)Nc1ncc(-c2ccc3c(c2)c(C(C)=O)nn3CC(=O)O)cn1. The quantitative estimate of drug-likeness (QED) is 0.669. The summed E-state index contributed by atoms with van der Waals surface area (Å²) in [5, 5.41) is 16.2. The number of carbonyl (C=O) groups is 3. The average molecular weight is 353 g/mol. The Morgan fingerprint density at radius 1 is 1.12 bits per heavy atom. The molecule has 1 amide bonds. The lowest BCUT2D eigenvalue weighted by Gasteiger charge is -2.04. The zero-order chi connectivity index (χ0) is 18.8. The fourth-order valence-corrected chi connectivity index (χ4v) is 2.57. The zero-order valence-electron chi connectivity index (χ0n) is 14.1. The van der Waals surface area contributed by atoms with Gasteiger partial charge in [0.05, 0.1) is 5.52 Å². The van der Waals surface area contributed by atoms with Crippen molar-refractivity contribution in [1.29, 1.82) is 0 Å². The first-order valence-corrected chi connectivity index (χ1v) is 7.68. The Morgan fingerprint density at radius 3 is 2.38 bits per heavy atom. The minimum atomic E-state index is -1.05. The molecule has 132 valence electrons. The van der Waals surface area contributed by atoms with E-state index in [-0.39, 0.29) is 29.9 Å². The van der Waals surface area contributed by atoms with Gasteiger partial charge in [-0.3, -0.25) is 24.4 Å². The first-order chi connectivity index (χ1) is 12.3. The standard InChI is InChI=1S/C17H15N5O4/c1-9(23)16-13-5-11(3-4-14(13)22(21-16)8-15(25)26)12-6-18-17(19-7-12)20-10(2)24/h3-7H,8H2,1-2H3,(H,25,26)(H,18,19,20,24). The summed E-state index contributed by atoms with van der Waals surface area (Å²) in [7, 11) is 0. The number of nitrogens with one attached hydrogen (secondary N) is 1. The fraction of sp³-hybridized carbons (Fsp3) is 0.176. The van der Waals surface area contributed by atoms with Gasteiger partial charge in [-0.05, 0) is 17.7 Å². The third kappa shape index (κ3) is 3.41. The molecule has 0 aliphatic carbocycles. The van der Waals surface area contributed by atoms with Crippen LogP contribution >= 0.6 is 0 Å². The van der Waals surface area contributed by atoms with E-state index in [0.29, 0.717) is 16.5 Å². The number of Topliss-reactive ketones (excluding diaryl/α,β-unsaturated/α-hetero) is 1. The first kappa shape index (κ1) is 17.2. The minimum absolute atomic E-state index is 0.195. The maximum absolute atomic E-state index is 11.9. The van der Waals surface area contributed by atoms with E-state index >= 15 is 0 Å². The molecule has 26 heavy (non-hydrogen) atoms. The minimum Gasteiger partial charge on any atom is -0.480 e. The van der Waals surface area contributed by atoms with E-state index in [2.05, 4.69) is 20.4 Å². The number of nitrogens with zero attached hydrogens (tertiary/aromatic N) is 4. The third-order valence-electron chi connectivity index (χ3n) is 3.64. The van der Waals surface area contributed by atoms with Crippen molar-refractivity contribution in [3.05, 3.63) is 36.3 Å².